The molecule has 0 spiro atoms. The number of hydrogen-bond donors (Lipinski definition) is 1. The summed E-state index contributed by atoms with van der Waals surface area (Å²) in [6, 6.07) is 6.23. The third-order valence-electron chi connectivity index (χ3n) is 3.17. The summed E-state index contributed by atoms with van der Waals surface area (Å²) in [5.74, 6) is 0.934. The molecule has 0 heterocycles. The highest BCUT2D eigenvalue weighted by Crippen LogP contribution is 2.39. The summed E-state index contributed by atoms with van der Waals surface area (Å²) in [5.41, 5.74) is 2.11. The molecule has 1 saturated carbocycles. The molecule has 1 aliphatic carbocycles. The van der Waals surface area contributed by atoms with E-state index >= 15 is 0 Å². The van der Waals surface area contributed by atoms with Gasteiger partial charge in [0.05, 0.1) is 12.7 Å². The van der Waals surface area contributed by atoms with Crippen molar-refractivity contribution < 1.29 is 9.84 Å². The fourth-order valence-corrected chi connectivity index (χ4v) is 1.87. The van der Waals surface area contributed by atoms with Crippen LogP contribution in [0.1, 0.15) is 30.4 Å². The number of methoxy groups -OCH3 is 1. The van der Waals surface area contributed by atoms with Crippen LogP contribution in [0.5, 0.6) is 5.75 Å². The first kappa shape index (κ1) is 10.5. The van der Waals surface area contributed by atoms with E-state index in [1.165, 1.54) is 5.56 Å². The van der Waals surface area contributed by atoms with Crippen molar-refractivity contribution in [3.8, 4) is 5.75 Å². The second-order valence-electron chi connectivity index (χ2n) is 4.53. The minimum absolute atomic E-state index is 0.339. The molecule has 1 N–H and O–H groups in total. The Morgan fingerprint density at radius 2 is 2.13 bits per heavy atom. The highest BCUT2D eigenvalue weighted by Gasteiger charge is 2.39. The van der Waals surface area contributed by atoms with Gasteiger partial charge in [-0.05, 0) is 49.8 Å². The Morgan fingerprint density at radius 3 is 2.67 bits per heavy atom. The first-order valence-electron chi connectivity index (χ1n) is 5.49. The number of aryl methyl sites for hydroxylation is 2. The molecular weight excluding hydrogens is 188 g/mol. The Labute approximate surface area is 90.9 Å². The van der Waals surface area contributed by atoms with Crippen LogP contribution in [0.2, 0.25) is 0 Å². The quantitative estimate of drug-likeness (QED) is 0.820. The van der Waals surface area contributed by atoms with Gasteiger partial charge in [-0.3, -0.25) is 0 Å². The van der Waals surface area contributed by atoms with Crippen molar-refractivity contribution in [2.45, 2.75) is 38.2 Å². The zero-order valence-corrected chi connectivity index (χ0v) is 9.42. The fourth-order valence-electron chi connectivity index (χ4n) is 1.87. The molecule has 0 saturated heterocycles. The van der Waals surface area contributed by atoms with E-state index in [-0.39, 0.29) is 5.60 Å². The van der Waals surface area contributed by atoms with Gasteiger partial charge in [-0.25, -0.2) is 0 Å². The largest absolute Gasteiger partial charge is 0.496 e. The lowest BCUT2D eigenvalue weighted by Gasteiger charge is -2.09. The van der Waals surface area contributed by atoms with E-state index in [2.05, 4.69) is 12.1 Å². The van der Waals surface area contributed by atoms with E-state index in [9.17, 15) is 5.11 Å². The van der Waals surface area contributed by atoms with Crippen LogP contribution in [-0.2, 0) is 6.42 Å². The predicted molar refractivity (Wildman–Crippen MR) is 60.2 cm³/mol. The fraction of sp³-hybridized carbons (Fsp3) is 0.538. The Hall–Kier alpha value is -1.02. The van der Waals surface area contributed by atoms with Crippen molar-refractivity contribution in [3.05, 3.63) is 29.3 Å². The lowest BCUT2D eigenvalue weighted by atomic mass is 10.0. The summed E-state index contributed by atoms with van der Waals surface area (Å²) in [6.45, 7) is 2.05. The summed E-state index contributed by atoms with van der Waals surface area (Å²) in [6.07, 6.45) is 3.80. The average molecular weight is 206 g/mol. The number of benzene rings is 1. The zero-order chi connectivity index (χ0) is 10.9. The smallest absolute Gasteiger partial charge is 0.121 e. The van der Waals surface area contributed by atoms with E-state index in [0.29, 0.717) is 0 Å². The van der Waals surface area contributed by atoms with Gasteiger partial charge in [0.25, 0.3) is 0 Å². The van der Waals surface area contributed by atoms with Crippen molar-refractivity contribution in [2.75, 3.05) is 7.11 Å². The summed E-state index contributed by atoms with van der Waals surface area (Å²) >= 11 is 0. The third kappa shape index (κ3) is 2.51. The molecule has 15 heavy (non-hydrogen) atoms. The van der Waals surface area contributed by atoms with Crippen molar-refractivity contribution >= 4 is 0 Å². The number of hydrogen-bond acceptors (Lipinski definition) is 2. The molecule has 1 aliphatic rings. The normalized spacial score (nSPS) is 17.5. The van der Waals surface area contributed by atoms with Crippen LogP contribution in [0.15, 0.2) is 18.2 Å². The molecule has 0 atom stereocenters. The molecule has 1 fully saturated rings. The maximum atomic E-state index is 9.74. The van der Waals surface area contributed by atoms with Gasteiger partial charge in [0.1, 0.15) is 5.75 Å². The minimum atomic E-state index is -0.339. The van der Waals surface area contributed by atoms with Gasteiger partial charge in [-0.2, -0.15) is 0 Å². The van der Waals surface area contributed by atoms with Gasteiger partial charge in [0.15, 0.2) is 0 Å². The standard InChI is InChI=1S/C13H18O2/c1-10-9-11(3-4-12(10)15-2)5-6-13(14)7-8-13/h3-4,9,14H,5-8H2,1-2H3. The molecule has 0 amide bonds. The predicted octanol–water partition coefficient (Wildman–Crippen LogP) is 2.46. The topological polar surface area (TPSA) is 29.5 Å². The van der Waals surface area contributed by atoms with Gasteiger partial charge < -0.3 is 9.84 Å². The third-order valence-corrected chi connectivity index (χ3v) is 3.17. The zero-order valence-electron chi connectivity index (χ0n) is 9.42. The lowest BCUT2D eigenvalue weighted by Crippen LogP contribution is -2.07. The van der Waals surface area contributed by atoms with Crippen LogP contribution in [0.3, 0.4) is 0 Å². The Balaban J connectivity index is 1.99. The molecular formula is C13H18O2. The highest BCUT2D eigenvalue weighted by atomic mass is 16.5. The molecule has 0 unspecified atom stereocenters. The van der Waals surface area contributed by atoms with Crippen LogP contribution in [-0.4, -0.2) is 17.8 Å². The molecule has 0 bridgehead atoms. The van der Waals surface area contributed by atoms with E-state index < -0.39 is 0 Å². The summed E-state index contributed by atoms with van der Waals surface area (Å²) < 4.78 is 5.21. The molecule has 1 aromatic rings. The van der Waals surface area contributed by atoms with Gasteiger partial charge in [0.2, 0.25) is 0 Å². The Bertz CT molecular complexity index is 354. The van der Waals surface area contributed by atoms with Crippen LogP contribution in [0.25, 0.3) is 0 Å². The molecule has 0 radical (unpaired) electrons. The second-order valence-corrected chi connectivity index (χ2v) is 4.53. The maximum Gasteiger partial charge on any atom is 0.121 e. The lowest BCUT2D eigenvalue weighted by molar-refractivity contribution is 0.140. The van der Waals surface area contributed by atoms with Crippen molar-refractivity contribution in [1.82, 2.24) is 0 Å². The van der Waals surface area contributed by atoms with Gasteiger partial charge in [0, 0.05) is 0 Å². The average Bonchev–Trinajstić information content (AvgIpc) is 2.95. The van der Waals surface area contributed by atoms with Crippen molar-refractivity contribution in [1.29, 1.82) is 0 Å². The van der Waals surface area contributed by atoms with Crippen LogP contribution >= 0.6 is 0 Å². The SMILES string of the molecule is COc1ccc(CCC2(O)CC2)cc1C. The molecule has 0 aromatic heterocycles. The summed E-state index contributed by atoms with van der Waals surface area (Å²) in [7, 11) is 1.69. The summed E-state index contributed by atoms with van der Waals surface area (Å²) in [5, 5.41) is 9.74. The van der Waals surface area contributed by atoms with Crippen molar-refractivity contribution in [2.24, 2.45) is 0 Å². The van der Waals surface area contributed by atoms with E-state index in [4.69, 9.17) is 4.74 Å². The number of ether oxygens (including phenoxy) is 1. The van der Waals surface area contributed by atoms with Crippen LogP contribution < -0.4 is 4.74 Å². The summed E-state index contributed by atoms with van der Waals surface area (Å²) in [4.78, 5) is 0. The first-order valence-corrected chi connectivity index (χ1v) is 5.49. The van der Waals surface area contributed by atoms with Gasteiger partial charge >= 0.3 is 0 Å². The van der Waals surface area contributed by atoms with Crippen molar-refractivity contribution in [3.63, 3.8) is 0 Å². The van der Waals surface area contributed by atoms with E-state index in [1.807, 2.05) is 13.0 Å². The molecule has 2 heteroatoms. The maximum absolute atomic E-state index is 9.74. The number of aliphatic hydroxyl groups is 1. The van der Waals surface area contributed by atoms with E-state index in [1.54, 1.807) is 7.11 Å². The first-order chi connectivity index (χ1) is 7.13. The Morgan fingerprint density at radius 1 is 1.40 bits per heavy atom. The Kier molecular flexibility index (Phi) is 2.70. The highest BCUT2D eigenvalue weighted by molar-refractivity contribution is 5.36. The van der Waals surface area contributed by atoms with Crippen LogP contribution in [0.4, 0.5) is 0 Å². The molecule has 1 aromatic carbocycles. The molecule has 0 aliphatic heterocycles. The van der Waals surface area contributed by atoms with Gasteiger partial charge in [-0.1, -0.05) is 12.1 Å². The van der Waals surface area contributed by atoms with E-state index in [0.717, 1.165) is 37.0 Å². The number of rotatable bonds is 4. The monoisotopic (exact) mass is 206 g/mol. The second kappa shape index (κ2) is 3.86. The minimum Gasteiger partial charge on any atom is -0.496 e. The van der Waals surface area contributed by atoms with Gasteiger partial charge in [-0.15, -0.1) is 0 Å². The molecule has 82 valence electrons. The molecule has 2 nitrogen and oxygen atoms in total. The van der Waals surface area contributed by atoms with Crippen LogP contribution in [0, 0.1) is 6.92 Å². The molecule has 2 rings (SSSR count).